The van der Waals surface area contributed by atoms with Crippen LogP contribution in [0.3, 0.4) is 0 Å². The van der Waals surface area contributed by atoms with Crippen LogP contribution in [-0.4, -0.2) is 5.88 Å². The molecule has 1 rings (SSSR count). The minimum Gasteiger partial charge on any atom is -0.126 e. The highest BCUT2D eigenvalue weighted by molar-refractivity contribution is 6.18. The summed E-state index contributed by atoms with van der Waals surface area (Å²) in [6, 6.07) is 0. The Morgan fingerprint density at radius 1 is 1.33 bits per heavy atom. The first-order valence-corrected chi connectivity index (χ1v) is 4.06. The Kier molecular flexibility index (Phi) is 1.36. The summed E-state index contributed by atoms with van der Waals surface area (Å²) in [6.45, 7) is 9.13. The van der Waals surface area contributed by atoms with Gasteiger partial charge in [0.05, 0.1) is 0 Å². The maximum Gasteiger partial charge on any atom is 0.0285 e. The first-order valence-electron chi connectivity index (χ1n) is 3.53. The lowest BCUT2D eigenvalue weighted by Gasteiger charge is -2.08. The van der Waals surface area contributed by atoms with Crippen molar-refractivity contribution in [3.63, 3.8) is 0 Å². The number of hydrogen-bond acceptors (Lipinski definition) is 0. The normalized spacial score (nSPS) is 47.0. The third-order valence-corrected chi connectivity index (χ3v) is 4.26. The van der Waals surface area contributed by atoms with Gasteiger partial charge in [-0.15, -0.1) is 11.6 Å². The third-order valence-electron chi connectivity index (χ3n) is 3.70. The summed E-state index contributed by atoms with van der Waals surface area (Å²) < 4.78 is 0. The van der Waals surface area contributed by atoms with E-state index in [4.69, 9.17) is 11.6 Å². The summed E-state index contributed by atoms with van der Waals surface area (Å²) in [7, 11) is 0. The van der Waals surface area contributed by atoms with Crippen LogP contribution in [0, 0.1) is 16.7 Å². The molecule has 1 aliphatic rings. The molecule has 0 aliphatic heterocycles. The van der Waals surface area contributed by atoms with Crippen LogP contribution in [0.5, 0.6) is 0 Å². The molecule has 0 heterocycles. The second-order valence-electron chi connectivity index (χ2n) is 3.99. The quantitative estimate of drug-likeness (QED) is 0.499. The molecule has 54 valence electrons. The molecule has 0 aromatic heterocycles. The molecule has 0 radical (unpaired) electrons. The molecule has 1 saturated carbocycles. The highest BCUT2D eigenvalue weighted by Gasteiger charge is 2.64. The van der Waals surface area contributed by atoms with Gasteiger partial charge in [0.25, 0.3) is 0 Å². The number of rotatable bonds is 1. The monoisotopic (exact) mass is 146 g/mol. The molecule has 2 atom stereocenters. The number of hydrogen-bond donors (Lipinski definition) is 0. The van der Waals surface area contributed by atoms with Gasteiger partial charge in [-0.3, -0.25) is 0 Å². The van der Waals surface area contributed by atoms with Crippen LogP contribution in [0.1, 0.15) is 27.7 Å². The molecule has 0 bridgehead atoms. The van der Waals surface area contributed by atoms with Crippen molar-refractivity contribution in [2.75, 3.05) is 5.88 Å². The van der Waals surface area contributed by atoms with Crippen molar-refractivity contribution < 1.29 is 0 Å². The van der Waals surface area contributed by atoms with Crippen molar-refractivity contribution in [2.45, 2.75) is 27.7 Å². The van der Waals surface area contributed by atoms with Crippen LogP contribution in [0.25, 0.3) is 0 Å². The van der Waals surface area contributed by atoms with Gasteiger partial charge in [-0.1, -0.05) is 27.7 Å². The molecule has 0 aromatic carbocycles. The fraction of sp³-hybridized carbons (Fsp3) is 1.00. The van der Waals surface area contributed by atoms with Crippen molar-refractivity contribution in [2.24, 2.45) is 16.7 Å². The van der Waals surface area contributed by atoms with Gasteiger partial charge in [0.2, 0.25) is 0 Å². The molecule has 0 spiro atoms. The second kappa shape index (κ2) is 1.66. The van der Waals surface area contributed by atoms with Crippen LogP contribution in [0.15, 0.2) is 0 Å². The lowest BCUT2D eigenvalue weighted by atomic mass is 10.0. The molecule has 9 heavy (non-hydrogen) atoms. The fourth-order valence-corrected chi connectivity index (χ4v) is 2.24. The first kappa shape index (κ1) is 7.40. The molecule has 2 unspecified atom stereocenters. The van der Waals surface area contributed by atoms with Gasteiger partial charge in [0, 0.05) is 5.88 Å². The lowest BCUT2D eigenvalue weighted by molar-refractivity contribution is 0.462. The molecule has 1 heteroatoms. The first-order chi connectivity index (χ1) is 3.97. The predicted molar refractivity (Wildman–Crippen MR) is 41.8 cm³/mol. The SMILES string of the molecule is CC1C(C)(C)C1(C)CCl. The van der Waals surface area contributed by atoms with Crippen LogP contribution in [0.2, 0.25) is 0 Å². The highest BCUT2D eigenvalue weighted by Crippen LogP contribution is 2.68. The molecular weight excluding hydrogens is 132 g/mol. The van der Waals surface area contributed by atoms with Gasteiger partial charge < -0.3 is 0 Å². The minimum atomic E-state index is 0.411. The largest absolute Gasteiger partial charge is 0.126 e. The molecule has 0 amide bonds. The zero-order chi connectivity index (χ0) is 7.28. The van der Waals surface area contributed by atoms with Gasteiger partial charge in [-0.2, -0.15) is 0 Å². The van der Waals surface area contributed by atoms with Gasteiger partial charge in [0.15, 0.2) is 0 Å². The summed E-state index contributed by atoms with van der Waals surface area (Å²) in [5.41, 5.74) is 0.892. The van der Waals surface area contributed by atoms with Crippen molar-refractivity contribution in [3.05, 3.63) is 0 Å². The van der Waals surface area contributed by atoms with E-state index in [-0.39, 0.29) is 0 Å². The Morgan fingerprint density at radius 2 is 1.67 bits per heavy atom. The highest BCUT2D eigenvalue weighted by atomic mass is 35.5. The van der Waals surface area contributed by atoms with Crippen LogP contribution < -0.4 is 0 Å². The van der Waals surface area contributed by atoms with Crippen LogP contribution >= 0.6 is 11.6 Å². The summed E-state index contributed by atoms with van der Waals surface area (Å²) in [5, 5.41) is 0. The Bertz CT molecular complexity index is 129. The summed E-state index contributed by atoms with van der Waals surface area (Å²) >= 11 is 5.82. The Balaban J connectivity index is 2.70. The smallest absolute Gasteiger partial charge is 0.0285 e. The predicted octanol–water partition coefficient (Wildman–Crippen LogP) is 2.91. The Morgan fingerprint density at radius 3 is 1.67 bits per heavy atom. The maximum absolute atomic E-state index is 5.82. The second-order valence-corrected chi connectivity index (χ2v) is 4.26. The molecule has 1 aliphatic carbocycles. The average molecular weight is 147 g/mol. The zero-order valence-electron chi connectivity index (χ0n) is 6.66. The third kappa shape index (κ3) is 0.660. The molecule has 0 N–H and O–H groups in total. The molecule has 0 aromatic rings. The molecular formula is C8H15Cl. The van der Waals surface area contributed by atoms with E-state index in [0.29, 0.717) is 10.8 Å². The Hall–Kier alpha value is 0.290. The summed E-state index contributed by atoms with van der Waals surface area (Å²) in [4.78, 5) is 0. The Labute approximate surface area is 62.6 Å². The lowest BCUT2D eigenvalue weighted by Crippen LogP contribution is -2.04. The summed E-state index contributed by atoms with van der Waals surface area (Å²) in [6.07, 6.45) is 0. The molecule has 1 fully saturated rings. The van der Waals surface area contributed by atoms with E-state index < -0.39 is 0 Å². The van der Waals surface area contributed by atoms with E-state index in [1.165, 1.54) is 0 Å². The molecule has 0 nitrogen and oxygen atoms in total. The van der Waals surface area contributed by atoms with Crippen molar-refractivity contribution in [1.82, 2.24) is 0 Å². The van der Waals surface area contributed by atoms with Crippen molar-refractivity contribution in [1.29, 1.82) is 0 Å². The van der Waals surface area contributed by atoms with Crippen LogP contribution in [0.4, 0.5) is 0 Å². The average Bonchev–Trinajstić information content (AvgIpc) is 2.16. The fourth-order valence-electron chi connectivity index (χ4n) is 1.67. The van der Waals surface area contributed by atoms with Crippen LogP contribution in [-0.2, 0) is 0 Å². The summed E-state index contributed by atoms with van der Waals surface area (Å²) in [5.74, 6) is 1.60. The van der Waals surface area contributed by atoms with Crippen molar-refractivity contribution >= 4 is 11.6 Å². The van der Waals surface area contributed by atoms with Gasteiger partial charge in [-0.05, 0) is 16.7 Å². The standard InChI is InChI=1S/C8H15Cl/c1-6-7(2,3)8(6,4)5-9/h6H,5H2,1-4H3. The van der Waals surface area contributed by atoms with E-state index in [1.807, 2.05) is 0 Å². The van der Waals surface area contributed by atoms with Gasteiger partial charge >= 0.3 is 0 Å². The van der Waals surface area contributed by atoms with E-state index in [0.717, 1.165) is 11.8 Å². The van der Waals surface area contributed by atoms with E-state index in [1.54, 1.807) is 0 Å². The van der Waals surface area contributed by atoms with E-state index in [9.17, 15) is 0 Å². The number of alkyl halides is 1. The molecule has 0 saturated heterocycles. The zero-order valence-corrected chi connectivity index (χ0v) is 7.42. The van der Waals surface area contributed by atoms with Gasteiger partial charge in [-0.25, -0.2) is 0 Å². The van der Waals surface area contributed by atoms with Gasteiger partial charge in [0.1, 0.15) is 0 Å². The minimum absolute atomic E-state index is 0.411. The van der Waals surface area contributed by atoms with E-state index >= 15 is 0 Å². The maximum atomic E-state index is 5.82. The topological polar surface area (TPSA) is 0 Å². The number of halogens is 1. The van der Waals surface area contributed by atoms with Crippen molar-refractivity contribution in [3.8, 4) is 0 Å². The van der Waals surface area contributed by atoms with E-state index in [2.05, 4.69) is 27.7 Å².